The molecule has 4 aromatic rings. The van der Waals surface area contributed by atoms with Crippen molar-refractivity contribution in [3.05, 3.63) is 136 Å². The number of hydrogen-bond acceptors (Lipinski definition) is 2. The van der Waals surface area contributed by atoms with Gasteiger partial charge in [0.25, 0.3) is 5.91 Å². The fourth-order valence-electron chi connectivity index (χ4n) is 4.33. The highest BCUT2D eigenvalue weighted by atomic mass is 19.1. The summed E-state index contributed by atoms with van der Waals surface area (Å²) in [6.45, 7) is 2.65. The molecule has 3 nitrogen and oxygen atoms in total. The molecular formula is C30H25FN2O. The number of halogens is 1. The molecule has 1 aliphatic heterocycles. The molecular weight excluding hydrogens is 423 g/mol. The average Bonchev–Trinajstić information content (AvgIpc) is 3.04. The van der Waals surface area contributed by atoms with Gasteiger partial charge in [0, 0.05) is 29.7 Å². The lowest BCUT2D eigenvalue weighted by atomic mass is 9.94. The highest BCUT2D eigenvalue weighted by Crippen LogP contribution is 2.31. The normalized spacial score (nSPS) is 13.2. The van der Waals surface area contributed by atoms with Gasteiger partial charge in [0.15, 0.2) is 0 Å². The van der Waals surface area contributed by atoms with E-state index in [9.17, 15) is 9.18 Å². The van der Waals surface area contributed by atoms with E-state index in [4.69, 9.17) is 4.99 Å². The molecule has 4 heteroatoms. The molecule has 0 aromatic heterocycles. The van der Waals surface area contributed by atoms with Crippen LogP contribution in [-0.2, 0) is 6.42 Å². The van der Waals surface area contributed by atoms with Gasteiger partial charge in [-0.05, 0) is 59.0 Å². The van der Waals surface area contributed by atoms with Crippen molar-refractivity contribution in [1.29, 1.82) is 0 Å². The summed E-state index contributed by atoms with van der Waals surface area (Å²) in [6.07, 6.45) is 0.715. The first kappa shape index (κ1) is 21.8. The molecule has 1 heterocycles. The molecule has 0 radical (unpaired) electrons. The van der Waals surface area contributed by atoms with Crippen molar-refractivity contribution in [2.24, 2.45) is 4.99 Å². The van der Waals surface area contributed by atoms with Crippen molar-refractivity contribution in [3.8, 4) is 0 Å². The maximum absolute atomic E-state index is 13.6. The van der Waals surface area contributed by atoms with Crippen LogP contribution in [0.25, 0.3) is 0 Å². The van der Waals surface area contributed by atoms with Crippen LogP contribution in [0.15, 0.2) is 102 Å². The molecule has 1 atom stereocenters. The minimum Gasteiger partial charge on any atom is -0.351 e. The predicted molar refractivity (Wildman–Crippen MR) is 135 cm³/mol. The minimum atomic E-state index is -0.282. The third-order valence-electron chi connectivity index (χ3n) is 6.29. The lowest BCUT2D eigenvalue weighted by Gasteiger charge is -2.14. The van der Waals surface area contributed by atoms with E-state index >= 15 is 0 Å². The van der Waals surface area contributed by atoms with Crippen molar-refractivity contribution in [2.75, 3.05) is 6.54 Å². The van der Waals surface area contributed by atoms with Crippen LogP contribution in [0.1, 0.15) is 51.0 Å². The molecule has 168 valence electrons. The predicted octanol–water partition coefficient (Wildman–Crippen LogP) is 6.43. The molecule has 34 heavy (non-hydrogen) atoms. The van der Waals surface area contributed by atoms with Gasteiger partial charge in [-0.25, -0.2) is 9.38 Å². The Morgan fingerprint density at radius 2 is 1.65 bits per heavy atom. The lowest BCUT2D eigenvalue weighted by Crippen LogP contribution is -2.27. The molecule has 0 saturated carbocycles. The van der Waals surface area contributed by atoms with Gasteiger partial charge >= 0.3 is 0 Å². The van der Waals surface area contributed by atoms with Gasteiger partial charge in [0.05, 0.1) is 11.4 Å². The number of carbonyl (C=O) groups excluding carboxylic acids is 1. The number of aliphatic imine (C=N–C) groups is 1. The Morgan fingerprint density at radius 3 is 2.44 bits per heavy atom. The number of benzene rings is 4. The van der Waals surface area contributed by atoms with E-state index in [1.165, 1.54) is 17.7 Å². The van der Waals surface area contributed by atoms with Crippen molar-refractivity contribution in [1.82, 2.24) is 5.32 Å². The topological polar surface area (TPSA) is 41.5 Å². The van der Waals surface area contributed by atoms with Crippen LogP contribution in [0.5, 0.6) is 0 Å². The zero-order valence-electron chi connectivity index (χ0n) is 19.0. The first-order valence-corrected chi connectivity index (χ1v) is 11.5. The number of rotatable bonds is 5. The van der Waals surface area contributed by atoms with Gasteiger partial charge in [-0.15, -0.1) is 0 Å². The molecule has 5 rings (SSSR count). The number of nitrogens with one attached hydrogen (secondary N) is 1. The first-order chi connectivity index (χ1) is 16.6. The van der Waals surface area contributed by atoms with Crippen LogP contribution < -0.4 is 5.32 Å². The largest absolute Gasteiger partial charge is 0.351 e. The second-order valence-corrected chi connectivity index (χ2v) is 8.67. The summed E-state index contributed by atoms with van der Waals surface area (Å²) in [6, 6.07) is 30.4. The Bertz CT molecular complexity index is 1360. The summed E-state index contributed by atoms with van der Waals surface area (Å²) < 4.78 is 13.6. The summed E-state index contributed by atoms with van der Waals surface area (Å²) in [5.74, 6) is -0.190. The van der Waals surface area contributed by atoms with Gasteiger partial charge < -0.3 is 5.32 Å². The Balaban J connectivity index is 1.45. The summed E-state index contributed by atoms with van der Waals surface area (Å²) in [4.78, 5) is 17.9. The third-order valence-corrected chi connectivity index (χ3v) is 6.29. The zero-order valence-corrected chi connectivity index (χ0v) is 19.0. The van der Waals surface area contributed by atoms with E-state index in [2.05, 4.69) is 30.4 Å². The van der Waals surface area contributed by atoms with Gasteiger partial charge in [0.2, 0.25) is 0 Å². The van der Waals surface area contributed by atoms with Gasteiger partial charge in [-0.3, -0.25) is 4.79 Å². The van der Waals surface area contributed by atoms with E-state index < -0.39 is 0 Å². The summed E-state index contributed by atoms with van der Waals surface area (Å²) in [5.41, 5.74) is 7.38. The van der Waals surface area contributed by atoms with Gasteiger partial charge in [0.1, 0.15) is 5.82 Å². The fourth-order valence-corrected chi connectivity index (χ4v) is 4.33. The van der Waals surface area contributed by atoms with Crippen LogP contribution >= 0.6 is 0 Å². The zero-order chi connectivity index (χ0) is 23.5. The van der Waals surface area contributed by atoms with Crippen LogP contribution in [0, 0.1) is 5.82 Å². The van der Waals surface area contributed by atoms with E-state index in [0.29, 0.717) is 18.5 Å². The van der Waals surface area contributed by atoms with E-state index in [1.807, 2.05) is 54.6 Å². The van der Waals surface area contributed by atoms with E-state index in [-0.39, 0.29) is 17.6 Å². The van der Waals surface area contributed by atoms with Crippen LogP contribution in [-0.4, -0.2) is 18.2 Å². The highest BCUT2D eigenvalue weighted by Gasteiger charge is 2.19. The minimum absolute atomic E-state index is 0.120. The molecule has 1 unspecified atom stereocenters. The van der Waals surface area contributed by atoms with Gasteiger partial charge in [-0.2, -0.15) is 0 Å². The first-order valence-electron chi connectivity index (χ1n) is 11.5. The fraction of sp³-hybridized carbons (Fsp3) is 0.133. The van der Waals surface area contributed by atoms with Crippen molar-refractivity contribution in [2.45, 2.75) is 19.3 Å². The molecule has 1 amide bonds. The second-order valence-electron chi connectivity index (χ2n) is 8.67. The van der Waals surface area contributed by atoms with Crippen molar-refractivity contribution >= 4 is 17.3 Å². The Morgan fingerprint density at radius 1 is 0.912 bits per heavy atom. The Hall–Kier alpha value is -4.05. The smallest absolute Gasteiger partial charge is 0.251 e. The monoisotopic (exact) mass is 448 g/mol. The SMILES string of the molecule is CC(CNC(=O)c1ccc2c(c1)N=C(c1ccc(F)cc1)c1ccccc1C2)c1ccccc1. The number of nitrogens with zero attached hydrogens (tertiary/aromatic N) is 1. The Labute approximate surface area is 199 Å². The number of carbonyl (C=O) groups is 1. The van der Waals surface area contributed by atoms with Gasteiger partial charge in [-0.1, -0.05) is 67.6 Å². The highest BCUT2D eigenvalue weighted by molar-refractivity contribution is 6.15. The molecule has 0 aliphatic carbocycles. The summed E-state index contributed by atoms with van der Waals surface area (Å²) in [5, 5.41) is 3.06. The second kappa shape index (κ2) is 9.44. The maximum Gasteiger partial charge on any atom is 0.251 e. The van der Waals surface area contributed by atoms with Crippen molar-refractivity contribution in [3.63, 3.8) is 0 Å². The maximum atomic E-state index is 13.6. The molecule has 0 spiro atoms. The van der Waals surface area contributed by atoms with Crippen molar-refractivity contribution < 1.29 is 9.18 Å². The Kier molecular flexibility index (Phi) is 6.05. The van der Waals surface area contributed by atoms with Crippen LogP contribution in [0.4, 0.5) is 10.1 Å². The number of hydrogen-bond donors (Lipinski definition) is 1. The van der Waals surface area contributed by atoms with E-state index in [0.717, 1.165) is 33.7 Å². The van der Waals surface area contributed by atoms with Crippen LogP contribution in [0.3, 0.4) is 0 Å². The average molecular weight is 449 g/mol. The quantitative estimate of drug-likeness (QED) is 0.331. The van der Waals surface area contributed by atoms with E-state index in [1.54, 1.807) is 12.1 Å². The lowest BCUT2D eigenvalue weighted by molar-refractivity contribution is 0.0951. The third kappa shape index (κ3) is 4.53. The standard InChI is InChI=1S/C30H25FN2O/c1-20(21-7-3-2-4-8-21)19-32-30(34)25-12-11-24-17-23-9-5-6-10-27(23)29(33-28(24)18-25)22-13-15-26(31)16-14-22/h2-16,18,20H,17,19H2,1H3,(H,32,34). The molecule has 1 N–H and O–H groups in total. The number of fused-ring (bicyclic) bond motifs is 2. The summed E-state index contributed by atoms with van der Waals surface area (Å²) in [7, 11) is 0. The molecule has 0 saturated heterocycles. The number of amides is 1. The molecule has 1 aliphatic rings. The van der Waals surface area contributed by atoms with Crippen LogP contribution in [0.2, 0.25) is 0 Å². The molecule has 0 fully saturated rings. The summed E-state index contributed by atoms with van der Waals surface area (Å²) >= 11 is 0. The molecule has 0 bridgehead atoms. The molecule has 4 aromatic carbocycles.